The van der Waals surface area contributed by atoms with Crippen molar-refractivity contribution in [3.05, 3.63) is 53.8 Å². The van der Waals surface area contributed by atoms with E-state index in [1.807, 2.05) is 12.1 Å². The van der Waals surface area contributed by atoms with Crippen molar-refractivity contribution in [1.29, 1.82) is 0 Å². The molecule has 0 aliphatic carbocycles. The lowest BCUT2D eigenvalue weighted by atomic mass is 10.1. The molecule has 2 aromatic carbocycles. The quantitative estimate of drug-likeness (QED) is 0.700. The van der Waals surface area contributed by atoms with Crippen LogP contribution in [0.4, 0.5) is 15.9 Å². The summed E-state index contributed by atoms with van der Waals surface area (Å²) in [5.74, 6) is 0.925. The zero-order valence-electron chi connectivity index (χ0n) is 16.4. The highest BCUT2D eigenvalue weighted by molar-refractivity contribution is 6.05. The second-order valence-electron chi connectivity index (χ2n) is 6.95. The highest BCUT2D eigenvalue weighted by Crippen LogP contribution is 2.27. The number of rotatable bonds is 5. The predicted octanol–water partition coefficient (Wildman–Crippen LogP) is 4.24. The number of anilines is 2. The van der Waals surface area contributed by atoms with E-state index in [9.17, 15) is 9.18 Å². The molecule has 6 nitrogen and oxygen atoms in total. The van der Waals surface area contributed by atoms with E-state index in [1.165, 1.54) is 20.3 Å². The number of nitrogens with zero attached hydrogens (tertiary/aromatic N) is 2. The third-order valence-electron chi connectivity index (χ3n) is 5.03. The van der Waals surface area contributed by atoms with Gasteiger partial charge >= 0.3 is 0 Å². The molecule has 1 amide bonds. The van der Waals surface area contributed by atoms with Gasteiger partial charge in [-0.05, 0) is 49.2 Å². The van der Waals surface area contributed by atoms with Gasteiger partial charge < -0.3 is 19.7 Å². The van der Waals surface area contributed by atoms with Gasteiger partial charge in [-0.3, -0.25) is 4.79 Å². The van der Waals surface area contributed by atoms with E-state index >= 15 is 0 Å². The normalized spacial score (nSPS) is 13.6. The van der Waals surface area contributed by atoms with Crippen molar-refractivity contribution in [1.82, 2.24) is 4.98 Å². The summed E-state index contributed by atoms with van der Waals surface area (Å²) < 4.78 is 25.1. The summed E-state index contributed by atoms with van der Waals surface area (Å²) in [5.41, 5.74) is 1.01. The number of carbonyl (C=O) groups is 1. The van der Waals surface area contributed by atoms with Crippen molar-refractivity contribution in [3.8, 4) is 11.5 Å². The first kappa shape index (κ1) is 19.0. The third kappa shape index (κ3) is 3.94. The van der Waals surface area contributed by atoms with E-state index in [0.29, 0.717) is 33.7 Å². The van der Waals surface area contributed by atoms with Crippen molar-refractivity contribution in [3.63, 3.8) is 0 Å². The number of benzene rings is 2. The van der Waals surface area contributed by atoms with Crippen LogP contribution in [0.5, 0.6) is 11.5 Å². The van der Waals surface area contributed by atoms with Gasteiger partial charge in [0.2, 0.25) is 0 Å². The maximum absolute atomic E-state index is 14.7. The molecule has 0 spiro atoms. The first-order chi connectivity index (χ1) is 14.1. The van der Waals surface area contributed by atoms with Gasteiger partial charge in [-0.25, -0.2) is 9.37 Å². The smallest absolute Gasteiger partial charge is 0.255 e. The molecule has 29 heavy (non-hydrogen) atoms. The Morgan fingerprint density at radius 1 is 1.03 bits per heavy atom. The van der Waals surface area contributed by atoms with Crippen LogP contribution < -0.4 is 19.7 Å². The number of pyridine rings is 1. The number of halogens is 1. The van der Waals surface area contributed by atoms with Crippen molar-refractivity contribution in [2.45, 2.75) is 12.8 Å². The summed E-state index contributed by atoms with van der Waals surface area (Å²) in [6.45, 7) is 1.89. The minimum absolute atomic E-state index is 0.301. The number of aromatic nitrogens is 1. The SMILES string of the molecule is COc1cc(OC)cc(C(=O)Nc2cc(F)c3nc(N4CCCC4)ccc3c2)c1. The van der Waals surface area contributed by atoms with Crippen LogP contribution in [0, 0.1) is 5.82 Å². The Kier molecular flexibility index (Phi) is 5.20. The van der Waals surface area contributed by atoms with Crippen LogP contribution in [0.25, 0.3) is 10.9 Å². The minimum atomic E-state index is -0.470. The number of ether oxygens (including phenoxy) is 2. The topological polar surface area (TPSA) is 63.7 Å². The summed E-state index contributed by atoms with van der Waals surface area (Å²) in [6.07, 6.45) is 2.25. The molecule has 3 aromatic rings. The summed E-state index contributed by atoms with van der Waals surface area (Å²) in [5, 5.41) is 3.37. The van der Waals surface area contributed by atoms with E-state index in [-0.39, 0.29) is 5.91 Å². The minimum Gasteiger partial charge on any atom is -0.497 e. The Bertz CT molecular complexity index is 1040. The number of amides is 1. The molecule has 1 fully saturated rings. The standard InChI is InChI=1S/C22H22FN3O3/c1-28-17-10-15(11-18(13-17)29-2)22(27)24-16-9-14-5-6-20(26-7-3-4-8-26)25-21(14)19(23)12-16/h5-6,9-13H,3-4,7-8H2,1-2H3,(H,24,27). The number of methoxy groups -OCH3 is 2. The molecular formula is C22H22FN3O3. The van der Waals surface area contributed by atoms with Crippen LogP contribution in [0.15, 0.2) is 42.5 Å². The fourth-order valence-electron chi connectivity index (χ4n) is 3.52. The lowest BCUT2D eigenvalue weighted by molar-refractivity contribution is 0.102. The molecule has 1 saturated heterocycles. The molecule has 4 rings (SSSR count). The molecule has 1 aliphatic heterocycles. The van der Waals surface area contributed by atoms with Crippen molar-refractivity contribution >= 4 is 28.3 Å². The Hall–Kier alpha value is -3.35. The van der Waals surface area contributed by atoms with Gasteiger partial charge in [-0.15, -0.1) is 0 Å². The van der Waals surface area contributed by atoms with Crippen molar-refractivity contribution in [2.75, 3.05) is 37.5 Å². The number of nitrogens with one attached hydrogen (secondary N) is 1. The Labute approximate surface area is 168 Å². The lowest BCUT2D eigenvalue weighted by Crippen LogP contribution is -2.18. The molecule has 7 heteroatoms. The number of hydrogen-bond donors (Lipinski definition) is 1. The van der Waals surface area contributed by atoms with Crippen molar-refractivity contribution in [2.24, 2.45) is 0 Å². The van der Waals surface area contributed by atoms with Gasteiger partial charge in [0.25, 0.3) is 5.91 Å². The van der Waals surface area contributed by atoms with Crippen LogP contribution in [0.3, 0.4) is 0 Å². The summed E-state index contributed by atoms with van der Waals surface area (Å²) in [4.78, 5) is 19.3. The largest absolute Gasteiger partial charge is 0.497 e. The van der Waals surface area contributed by atoms with E-state index < -0.39 is 5.82 Å². The Balaban J connectivity index is 1.61. The fraction of sp³-hybridized carbons (Fsp3) is 0.273. The van der Waals surface area contributed by atoms with Gasteiger partial charge in [-0.2, -0.15) is 0 Å². The molecule has 1 aliphatic rings. The van der Waals surface area contributed by atoms with Gasteiger partial charge in [0.15, 0.2) is 5.82 Å². The molecule has 150 valence electrons. The molecule has 0 saturated carbocycles. The number of fused-ring (bicyclic) bond motifs is 1. The van der Waals surface area contributed by atoms with Crippen molar-refractivity contribution < 1.29 is 18.7 Å². The molecular weight excluding hydrogens is 373 g/mol. The predicted molar refractivity (Wildman–Crippen MR) is 111 cm³/mol. The number of hydrogen-bond acceptors (Lipinski definition) is 5. The molecule has 0 atom stereocenters. The first-order valence-electron chi connectivity index (χ1n) is 9.47. The monoisotopic (exact) mass is 395 g/mol. The third-order valence-corrected chi connectivity index (χ3v) is 5.03. The maximum atomic E-state index is 14.7. The Morgan fingerprint density at radius 2 is 1.72 bits per heavy atom. The Morgan fingerprint density at radius 3 is 2.38 bits per heavy atom. The van der Waals surface area contributed by atoms with E-state index in [0.717, 1.165) is 31.7 Å². The van der Waals surface area contributed by atoms with Crippen LogP contribution >= 0.6 is 0 Å². The molecule has 0 radical (unpaired) electrons. The molecule has 1 aromatic heterocycles. The zero-order chi connectivity index (χ0) is 20.4. The highest BCUT2D eigenvalue weighted by atomic mass is 19.1. The number of carbonyl (C=O) groups excluding carboxylic acids is 1. The lowest BCUT2D eigenvalue weighted by Gasteiger charge is -2.17. The summed E-state index contributed by atoms with van der Waals surface area (Å²) >= 11 is 0. The fourth-order valence-corrected chi connectivity index (χ4v) is 3.52. The summed E-state index contributed by atoms with van der Waals surface area (Å²) in [7, 11) is 3.02. The van der Waals surface area contributed by atoms with Crippen LogP contribution in [0.1, 0.15) is 23.2 Å². The average Bonchev–Trinajstić information content (AvgIpc) is 3.28. The van der Waals surface area contributed by atoms with E-state index in [1.54, 1.807) is 24.3 Å². The van der Waals surface area contributed by atoms with Gasteiger partial charge in [-0.1, -0.05) is 0 Å². The van der Waals surface area contributed by atoms with E-state index in [2.05, 4.69) is 15.2 Å². The first-order valence-corrected chi connectivity index (χ1v) is 9.47. The van der Waals surface area contributed by atoms with Gasteiger partial charge in [0.05, 0.1) is 14.2 Å². The van der Waals surface area contributed by atoms with Crippen LogP contribution in [-0.4, -0.2) is 38.2 Å². The maximum Gasteiger partial charge on any atom is 0.255 e. The molecule has 2 heterocycles. The van der Waals surface area contributed by atoms with Crippen LogP contribution in [0.2, 0.25) is 0 Å². The molecule has 1 N–H and O–H groups in total. The summed E-state index contributed by atoms with van der Waals surface area (Å²) in [6, 6.07) is 11.6. The van der Waals surface area contributed by atoms with Gasteiger partial charge in [0, 0.05) is 35.8 Å². The second-order valence-corrected chi connectivity index (χ2v) is 6.95. The average molecular weight is 395 g/mol. The van der Waals surface area contributed by atoms with Crippen LogP contribution in [-0.2, 0) is 0 Å². The molecule has 0 unspecified atom stereocenters. The zero-order valence-corrected chi connectivity index (χ0v) is 16.4. The highest BCUT2D eigenvalue weighted by Gasteiger charge is 2.16. The molecule has 0 bridgehead atoms. The second kappa shape index (κ2) is 7.95. The van der Waals surface area contributed by atoms with Gasteiger partial charge in [0.1, 0.15) is 22.8 Å². The van der Waals surface area contributed by atoms with E-state index in [4.69, 9.17) is 9.47 Å².